The second-order valence-electron chi connectivity index (χ2n) is 8.44. The molecule has 1 aliphatic rings. The van der Waals surface area contributed by atoms with E-state index in [9.17, 15) is 8.78 Å². The number of aryl methyl sites for hydroxylation is 1. The third-order valence-electron chi connectivity index (χ3n) is 5.96. The highest BCUT2D eigenvalue weighted by Gasteiger charge is 2.34. The molecule has 4 aromatic rings. The molecule has 1 unspecified atom stereocenters. The first-order chi connectivity index (χ1) is 16.9. The number of hydrogen-bond donors (Lipinski definition) is 1. The zero-order valence-corrected chi connectivity index (χ0v) is 19.9. The van der Waals surface area contributed by atoms with E-state index in [0.717, 1.165) is 16.8 Å². The van der Waals surface area contributed by atoms with Gasteiger partial charge in [0.2, 0.25) is 5.82 Å². The normalized spacial score (nSPS) is 15.9. The summed E-state index contributed by atoms with van der Waals surface area (Å²) >= 11 is 5.73. The zero-order valence-electron chi connectivity index (χ0n) is 19.1. The molecule has 0 amide bonds. The lowest BCUT2D eigenvalue weighted by atomic mass is 9.94. The van der Waals surface area contributed by atoms with E-state index in [1.807, 2.05) is 43.0 Å². The molecular weight excluding hydrogens is 466 g/mol. The third kappa shape index (κ3) is 4.70. The fourth-order valence-electron chi connectivity index (χ4n) is 4.23. The van der Waals surface area contributed by atoms with Crippen molar-refractivity contribution in [1.29, 1.82) is 0 Å². The molecule has 0 saturated heterocycles. The minimum Gasteiger partial charge on any atom is -0.351 e. The largest absolute Gasteiger partial charge is 0.351 e. The van der Waals surface area contributed by atoms with Crippen molar-refractivity contribution in [1.82, 2.24) is 20.4 Å². The van der Waals surface area contributed by atoms with Crippen LogP contribution < -0.4 is 5.32 Å². The fraction of sp³-hybridized carbons (Fsp3) is 0.148. The molecule has 5 rings (SSSR count). The Morgan fingerprint density at radius 1 is 0.971 bits per heavy atom. The summed E-state index contributed by atoms with van der Waals surface area (Å²) in [7, 11) is 0. The Bertz CT molecular complexity index is 1430. The van der Waals surface area contributed by atoms with E-state index in [0.29, 0.717) is 34.2 Å². The lowest BCUT2D eigenvalue weighted by Gasteiger charge is -2.37. The van der Waals surface area contributed by atoms with E-state index in [1.165, 1.54) is 24.3 Å². The topological polar surface area (TPSA) is 54.2 Å². The quantitative estimate of drug-likeness (QED) is 0.338. The number of rotatable bonds is 5. The maximum Gasteiger partial charge on any atom is 0.258 e. The predicted molar refractivity (Wildman–Crippen MR) is 134 cm³/mol. The van der Waals surface area contributed by atoms with E-state index in [4.69, 9.17) is 16.7 Å². The van der Waals surface area contributed by atoms with Crippen LogP contribution in [0.3, 0.4) is 0 Å². The summed E-state index contributed by atoms with van der Waals surface area (Å²) in [5.74, 6) is -0.0945. The van der Waals surface area contributed by atoms with Gasteiger partial charge in [-0.25, -0.2) is 8.78 Å². The van der Waals surface area contributed by atoms with E-state index < -0.39 is 6.04 Å². The SMILES string of the molecule is CC1=C(c2nc(-c3ccc(F)cc3)no2)C(c2cccc(F)c2)NC(=S)N1Cc1cccc(C)c1. The number of aromatic nitrogens is 2. The van der Waals surface area contributed by atoms with Crippen LogP contribution in [0, 0.1) is 18.6 Å². The molecule has 2 heterocycles. The number of nitrogens with one attached hydrogen (secondary N) is 1. The van der Waals surface area contributed by atoms with Crippen molar-refractivity contribution in [3.63, 3.8) is 0 Å². The molecule has 3 aromatic carbocycles. The molecule has 8 heteroatoms. The third-order valence-corrected chi connectivity index (χ3v) is 6.30. The number of halogens is 2. The lowest BCUT2D eigenvalue weighted by molar-refractivity contribution is 0.396. The molecule has 1 atom stereocenters. The summed E-state index contributed by atoms with van der Waals surface area (Å²) in [6.07, 6.45) is 0. The molecule has 5 nitrogen and oxygen atoms in total. The van der Waals surface area contributed by atoms with Crippen molar-refractivity contribution in [3.05, 3.63) is 113 Å². The smallest absolute Gasteiger partial charge is 0.258 e. The van der Waals surface area contributed by atoms with Gasteiger partial charge in [-0.05, 0) is 73.6 Å². The molecule has 0 fully saturated rings. The molecule has 0 radical (unpaired) electrons. The van der Waals surface area contributed by atoms with Crippen molar-refractivity contribution in [3.8, 4) is 11.4 Å². The summed E-state index contributed by atoms with van der Waals surface area (Å²) in [5.41, 5.74) is 5.06. The molecule has 1 aliphatic heterocycles. The molecule has 0 aliphatic carbocycles. The maximum absolute atomic E-state index is 14.1. The molecule has 1 aromatic heterocycles. The Morgan fingerprint density at radius 2 is 1.74 bits per heavy atom. The Labute approximate surface area is 207 Å². The van der Waals surface area contributed by atoms with Crippen molar-refractivity contribution in [2.24, 2.45) is 0 Å². The molecule has 0 bridgehead atoms. The first kappa shape index (κ1) is 22.9. The van der Waals surface area contributed by atoms with Crippen LogP contribution in [0.2, 0.25) is 0 Å². The highest BCUT2D eigenvalue weighted by Crippen LogP contribution is 2.38. The Balaban J connectivity index is 1.60. The highest BCUT2D eigenvalue weighted by atomic mass is 32.1. The number of hydrogen-bond acceptors (Lipinski definition) is 4. The van der Waals surface area contributed by atoms with Gasteiger partial charge in [0.1, 0.15) is 11.6 Å². The number of thiocarbonyl (C=S) groups is 1. The van der Waals surface area contributed by atoms with E-state index in [2.05, 4.69) is 21.5 Å². The van der Waals surface area contributed by atoms with E-state index in [-0.39, 0.29) is 17.5 Å². The average Bonchev–Trinajstić information content (AvgIpc) is 3.31. The Morgan fingerprint density at radius 3 is 2.49 bits per heavy atom. The first-order valence-corrected chi connectivity index (χ1v) is 11.5. The minimum atomic E-state index is -0.492. The van der Waals surface area contributed by atoms with Crippen LogP contribution in [0.5, 0.6) is 0 Å². The van der Waals surface area contributed by atoms with Gasteiger partial charge in [0, 0.05) is 17.8 Å². The predicted octanol–water partition coefficient (Wildman–Crippen LogP) is 6.19. The molecule has 0 spiro atoms. The number of benzene rings is 3. The van der Waals surface area contributed by atoms with Gasteiger partial charge in [-0.15, -0.1) is 0 Å². The van der Waals surface area contributed by atoms with Crippen molar-refractivity contribution >= 4 is 22.9 Å². The number of allylic oxidation sites excluding steroid dienone is 1. The molecule has 35 heavy (non-hydrogen) atoms. The van der Waals surface area contributed by atoms with Crippen LogP contribution in [-0.2, 0) is 6.54 Å². The second kappa shape index (κ2) is 9.38. The van der Waals surface area contributed by atoms with Crippen molar-refractivity contribution in [2.75, 3.05) is 0 Å². The monoisotopic (exact) mass is 488 g/mol. The van der Waals surface area contributed by atoms with Crippen LogP contribution in [-0.4, -0.2) is 20.2 Å². The summed E-state index contributed by atoms with van der Waals surface area (Å²) in [5, 5.41) is 7.97. The van der Waals surface area contributed by atoms with Crippen molar-refractivity contribution in [2.45, 2.75) is 26.4 Å². The highest BCUT2D eigenvalue weighted by molar-refractivity contribution is 7.80. The van der Waals surface area contributed by atoms with Crippen molar-refractivity contribution < 1.29 is 13.3 Å². The van der Waals surface area contributed by atoms with Crippen LogP contribution in [0.4, 0.5) is 8.78 Å². The molecular formula is C27H22F2N4OS. The van der Waals surface area contributed by atoms with Crippen LogP contribution >= 0.6 is 12.2 Å². The van der Waals surface area contributed by atoms with Gasteiger partial charge in [-0.3, -0.25) is 0 Å². The summed E-state index contributed by atoms with van der Waals surface area (Å²) in [6, 6.07) is 19.9. The Hall–Kier alpha value is -3.91. The van der Waals surface area contributed by atoms with Gasteiger partial charge >= 0.3 is 0 Å². The summed E-state index contributed by atoms with van der Waals surface area (Å²) in [4.78, 5) is 6.57. The van der Waals surface area contributed by atoms with Gasteiger partial charge in [0.25, 0.3) is 5.89 Å². The van der Waals surface area contributed by atoms with Crippen LogP contribution in [0.25, 0.3) is 17.0 Å². The Kier molecular flexibility index (Phi) is 6.13. The first-order valence-electron chi connectivity index (χ1n) is 11.1. The van der Waals surface area contributed by atoms with Gasteiger partial charge < -0.3 is 14.7 Å². The standard InChI is InChI=1S/C27H22F2N4OS/c1-16-5-3-6-18(13-16)15-33-17(2)23(24(30-27(33)35)20-7-4-8-22(29)14-20)26-31-25(32-34-26)19-9-11-21(28)12-10-19/h3-14,24H,15H2,1-2H3,(H,30,35). The zero-order chi connectivity index (χ0) is 24.5. The molecule has 176 valence electrons. The lowest BCUT2D eigenvalue weighted by Crippen LogP contribution is -2.45. The van der Waals surface area contributed by atoms with Gasteiger partial charge in [-0.1, -0.05) is 47.1 Å². The second-order valence-corrected chi connectivity index (χ2v) is 8.83. The van der Waals surface area contributed by atoms with E-state index in [1.54, 1.807) is 18.2 Å². The van der Waals surface area contributed by atoms with Gasteiger partial charge in [0.15, 0.2) is 5.11 Å². The van der Waals surface area contributed by atoms with Crippen LogP contribution in [0.1, 0.15) is 35.5 Å². The fourth-order valence-corrected chi connectivity index (χ4v) is 4.55. The van der Waals surface area contributed by atoms with E-state index >= 15 is 0 Å². The minimum absolute atomic E-state index is 0.278. The van der Waals surface area contributed by atoms with Gasteiger partial charge in [-0.2, -0.15) is 4.98 Å². The summed E-state index contributed by atoms with van der Waals surface area (Å²) < 4.78 is 33.2. The summed E-state index contributed by atoms with van der Waals surface area (Å²) in [6.45, 7) is 4.52. The molecule has 1 N–H and O–H groups in total. The van der Waals surface area contributed by atoms with Gasteiger partial charge in [0.05, 0.1) is 11.6 Å². The number of nitrogens with zero attached hydrogens (tertiary/aromatic N) is 3. The van der Waals surface area contributed by atoms with Crippen LogP contribution in [0.15, 0.2) is 83.0 Å². The molecule has 0 saturated carbocycles. The maximum atomic E-state index is 14.1. The average molecular weight is 489 g/mol.